The van der Waals surface area contributed by atoms with Crippen LogP contribution >= 0.6 is 11.8 Å². The van der Waals surface area contributed by atoms with Crippen LogP contribution in [0.5, 0.6) is 0 Å². The zero-order valence-corrected chi connectivity index (χ0v) is 10.2. The third kappa shape index (κ3) is 2.81. The van der Waals surface area contributed by atoms with E-state index in [0.29, 0.717) is 6.04 Å². The van der Waals surface area contributed by atoms with Crippen LogP contribution in [0.1, 0.15) is 6.42 Å². The van der Waals surface area contributed by atoms with Crippen molar-refractivity contribution in [2.75, 3.05) is 35.8 Å². The van der Waals surface area contributed by atoms with E-state index in [9.17, 15) is 0 Å². The van der Waals surface area contributed by atoms with Crippen molar-refractivity contribution in [2.45, 2.75) is 12.5 Å². The van der Waals surface area contributed by atoms with Gasteiger partial charge < -0.3 is 10.2 Å². The van der Waals surface area contributed by atoms with Crippen LogP contribution in [0.25, 0.3) is 0 Å². The van der Waals surface area contributed by atoms with Crippen LogP contribution in [0, 0.1) is 0 Å². The Bertz CT molecular complexity index is 302. The highest BCUT2D eigenvalue weighted by Crippen LogP contribution is 2.22. The number of nitrogens with zero attached hydrogens (tertiary/aromatic N) is 1. The van der Waals surface area contributed by atoms with Crippen molar-refractivity contribution in [3.05, 3.63) is 24.3 Å². The fourth-order valence-electron chi connectivity index (χ4n) is 1.74. The lowest BCUT2D eigenvalue weighted by Crippen LogP contribution is -2.18. The van der Waals surface area contributed by atoms with Gasteiger partial charge in [-0.25, -0.2) is 0 Å². The Morgan fingerprint density at radius 3 is 2.53 bits per heavy atom. The summed E-state index contributed by atoms with van der Waals surface area (Å²) in [4.78, 5) is 2.12. The van der Waals surface area contributed by atoms with Gasteiger partial charge in [-0.15, -0.1) is 0 Å². The topological polar surface area (TPSA) is 15.3 Å². The maximum absolute atomic E-state index is 3.57. The fourth-order valence-corrected chi connectivity index (χ4v) is 2.89. The lowest BCUT2D eigenvalue weighted by Gasteiger charge is -2.15. The van der Waals surface area contributed by atoms with Gasteiger partial charge in [0.25, 0.3) is 0 Å². The third-order valence-corrected chi connectivity index (χ3v) is 3.85. The standard InChI is InChI=1S/C12H18N2S/c1-14(2)12-5-3-10(4-6-12)13-11-7-8-15-9-11/h3-6,11,13H,7-9H2,1-2H3/t11-/m0/s1. The van der Waals surface area contributed by atoms with E-state index in [1.54, 1.807) is 0 Å². The molecule has 0 saturated carbocycles. The van der Waals surface area contributed by atoms with E-state index < -0.39 is 0 Å². The highest BCUT2D eigenvalue weighted by molar-refractivity contribution is 7.99. The molecule has 1 aliphatic rings. The molecule has 2 nitrogen and oxygen atoms in total. The van der Waals surface area contributed by atoms with Crippen molar-refractivity contribution in [1.29, 1.82) is 0 Å². The summed E-state index contributed by atoms with van der Waals surface area (Å²) in [5.41, 5.74) is 2.49. The minimum absolute atomic E-state index is 0.667. The van der Waals surface area contributed by atoms with Crippen LogP contribution in [0.15, 0.2) is 24.3 Å². The van der Waals surface area contributed by atoms with E-state index in [2.05, 4.69) is 48.6 Å². The zero-order valence-electron chi connectivity index (χ0n) is 9.36. The molecule has 1 atom stereocenters. The van der Waals surface area contributed by atoms with Gasteiger partial charge in [-0.3, -0.25) is 0 Å². The van der Waals surface area contributed by atoms with Gasteiger partial charge in [-0.05, 0) is 36.4 Å². The Kier molecular flexibility index (Phi) is 3.41. The van der Waals surface area contributed by atoms with Crippen LogP contribution in [-0.2, 0) is 0 Å². The molecule has 1 N–H and O–H groups in total. The number of benzene rings is 1. The Balaban J connectivity index is 1.97. The molecule has 0 bridgehead atoms. The lowest BCUT2D eigenvalue weighted by atomic mass is 10.2. The van der Waals surface area contributed by atoms with Crippen molar-refractivity contribution in [3.63, 3.8) is 0 Å². The summed E-state index contributed by atoms with van der Waals surface area (Å²) < 4.78 is 0. The first kappa shape index (κ1) is 10.7. The van der Waals surface area contributed by atoms with Crippen molar-refractivity contribution in [2.24, 2.45) is 0 Å². The van der Waals surface area contributed by atoms with Crippen LogP contribution in [0.2, 0.25) is 0 Å². The first-order valence-electron chi connectivity index (χ1n) is 5.37. The Labute approximate surface area is 96.0 Å². The van der Waals surface area contributed by atoms with Gasteiger partial charge in [0.15, 0.2) is 0 Å². The molecule has 0 aromatic heterocycles. The molecule has 82 valence electrons. The van der Waals surface area contributed by atoms with Crippen LogP contribution in [0.3, 0.4) is 0 Å². The number of thioether (sulfide) groups is 1. The maximum atomic E-state index is 3.57. The summed E-state index contributed by atoms with van der Waals surface area (Å²) in [6, 6.07) is 9.31. The van der Waals surface area contributed by atoms with Crippen LogP contribution < -0.4 is 10.2 Å². The molecule has 1 saturated heterocycles. The van der Waals surface area contributed by atoms with Gasteiger partial charge in [0, 0.05) is 37.3 Å². The predicted octanol–water partition coefficient (Wildman–Crippen LogP) is 2.67. The quantitative estimate of drug-likeness (QED) is 0.846. The second-order valence-electron chi connectivity index (χ2n) is 4.15. The van der Waals surface area contributed by atoms with Gasteiger partial charge in [0.05, 0.1) is 0 Å². The number of hydrogen-bond donors (Lipinski definition) is 1. The van der Waals surface area contributed by atoms with E-state index in [4.69, 9.17) is 0 Å². The summed E-state index contributed by atoms with van der Waals surface area (Å²) in [7, 11) is 4.13. The molecule has 1 aromatic carbocycles. The largest absolute Gasteiger partial charge is 0.381 e. The second-order valence-corrected chi connectivity index (χ2v) is 5.30. The summed E-state index contributed by atoms with van der Waals surface area (Å²) in [5, 5.41) is 3.57. The zero-order chi connectivity index (χ0) is 10.7. The van der Waals surface area contributed by atoms with Gasteiger partial charge in [-0.1, -0.05) is 0 Å². The average molecular weight is 222 g/mol. The third-order valence-electron chi connectivity index (χ3n) is 2.68. The highest BCUT2D eigenvalue weighted by Gasteiger charge is 2.14. The maximum Gasteiger partial charge on any atom is 0.0362 e. The van der Waals surface area contributed by atoms with E-state index in [-0.39, 0.29) is 0 Å². The summed E-state index contributed by atoms with van der Waals surface area (Å²) >= 11 is 2.04. The predicted molar refractivity (Wildman–Crippen MR) is 70.1 cm³/mol. The summed E-state index contributed by atoms with van der Waals surface area (Å²) in [6.45, 7) is 0. The molecule has 1 aromatic rings. The molecule has 0 spiro atoms. The normalized spacial score (nSPS) is 20.3. The number of hydrogen-bond acceptors (Lipinski definition) is 3. The fraction of sp³-hybridized carbons (Fsp3) is 0.500. The van der Waals surface area contributed by atoms with Crippen LogP contribution in [0.4, 0.5) is 11.4 Å². The van der Waals surface area contributed by atoms with Gasteiger partial charge in [0.1, 0.15) is 0 Å². The molecule has 1 heterocycles. The van der Waals surface area contributed by atoms with Crippen molar-refractivity contribution >= 4 is 23.1 Å². The van der Waals surface area contributed by atoms with Crippen LogP contribution in [-0.4, -0.2) is 31.6 Å². The van der Waals surface area contributed by atoms with Gasteiger partial charge in [0.2, 0.25) is 0 Å². The monoisotopic (exact) mass is 222 g/mol. The van der Waals surface area contributed by atoms with E-state index in [1.165, 1.54) is 29.3 Å². The average Bonchev–Trinajstić information content (AvgIpc) is 2.71. The lowest BCUT2D eigenvalue weighted by molar-refractivity contribution is 0.813. The minimum atomic E-state index is 0.667. The highest BCUT2D eigenvalue weighted by atomic mass is 32.2. The van der Waals surface area contributed by atoms with Crippen molar-refractivity contribution in [3.8, 4) is 0 Å². The molecule has 15 heavy (non-hydrogen) atoms. The molecule has 0 unspecified atom stereocenters. The number of anilines is 2. The molecular formula is C12H18N2S. The number of nitrogens with one attached hydrogen (secondary N) is 1. The van der Waals surface area contributed by atoms with E-state index in [0.717, 1.165) is 0 Å². The second kappa shape index (κ2) is 4.79. The molecule has 1 aliphatic heterocycles. The Morgan fingerprint density at radius 1 is 1.27 bits per heavy atom. The molecule has 0 aliphatic carbocycles. The number of rotatable bonds is 3. The molecule has 2 rings (SSSR count). The smallest absolute Gasteiger partial charge is 0.0362 e. The Hall–Kier alpha value is -0.830. The molecular weight excluding hydrogens is 204 g/mol. The molecule has 3 heteroatoms. The Morgan fingerprint density at radius 2 is 2.00 bits per heavy atom. The first-order chi connectivity index (χ1) is 7.25. The van der Waals surface area contributed by atoms with E-state index >= 15 is 0 Å². The molecule has 0 amide bonds. The molecule has 1 fully saturated rings. The van der Waals surface area contributed by atoms with Gasteiger partial charge in [-0.2, -0.15) is 11.8 Å². The summed E-state index contributed by atoms with van der Waals surface area (Å²) in [5.74, 6) is 2.54. The minimum Gasteiger partial charge on any atom is -0.381 e. The SMILES string of the molecule is CN(C)c1ccc(N[C@H]2CCSC2)cc1. The van der Waals surface area contributed by atoms with E-state index in [1.807, 2.05) is 11.8 Å². The summed E-state index contributed by atoms with van der Waals surface area (Å²) in [6.07, 6.45) is 1.29. The van der Waals surface area contributed by atoms with Crippen molar-refractivity contribution < 1.29 is 0 Å². The molecule has 0 radical (unpaired) electrons. The van der Waals surface area contributed by atoms with Gasteiger partial charge >= 0.3 is 0 Å². The van der Waals surface area contributed by atoms with Crippen molar-refractivity contribution in [1.82, 2.24) is 0 Å². The first-order valence-corrected chi connectivity index (χ1v) is 6.53.